The third-order valence-electron chi connectivity index (χ3n) is 2.08. The second-order valence-electron chi connectivity index (χ2n) is 3.06. The number of nitrogens with two attached hydrogens (primary N) is 1. The summed E-state index contributed by atoms with van der Waals surface area (Å²) < 4.78 is 53.6. The van der Waals surface area contributed by atoms with Crippen LogP contribution in [0.3, 0.4) is 0 Å². The van der Waals surface area contributed by atoms with Crippen molar-refractivity contribution in [1.29, 1.82) is 10.5 Å². The molecule has 0 aliphatic heterocycles. The van der Waals surface area contributed by atoms with Crippen molar-refractivity contribution in [1.82, 2.24) is 5.43 Å². The van der Waals surface area contributed by atoms with E-state index in [-0.39, 0.29) is 0 Å². The lowest BCUT2D eigenvalue weighted by Crippen LogP contribution is -2.24. The number of nitriles is 2. The van der Waals surface area contributed by atoms with Gasteiger partial charge < -0.3 is 5.43 Å². The average Bonchev–Trinajstić information content (AvgIpc) is 2.42. The van der Waals surface area contributed by atoms with Crippen LogP contribution >= 0.6 is 11.6 Å². The summed E-state index contributed by atoms with van der Waals surface area (Å²) in [7, 11) is 0. The molecule has 19 heavy (non-hydrogen) atoms. The van der Waals surface area contributed by atoms with Gasteiger partial charge in [-0.2, -0.15) is 10.5 Å². The molecule has 0 radical (unpaired) electrons. The van der Waals surface area contributed by atoms with E-state index in [0.29, 0.717) is 0 Å². The van der Waals surface area contributed by atoms with Crippen LogP contribution in [0.5, 0.6) is 0 Å². The number of halogens is 5. The molecule has 1 aromatic carbocycles. The highest BCUT2D eigenvalue weighted by Crippen LogP contribution is 2.31. The zero-order valence-corrected chi connectivity index (χ0v) is 9.62. The molecule has 0 heterocycles. The van der Waals surface area contributed by atoms with Crippen LogP contribution in [0.4, 0.5) is 17.6 Å². The molecule has 0 bridgehead atoms. The molecule has 1 aromatic rings. The van der Waals surface area contributed by atoms with E-state index in [2.05, 4.69) is 0 Å². The fraction of sp³-hybridized carbons (Fsp3) is 0. The van der Waals surface area contributed by atoms with E-state index in [0.717, 1.165) is 0 Å². The van der Waals surface area contributed by atoms with Crippen LogP contribution in [-0.4, -0.2) is 0 Å². The summed E-state index contributed by atoms with van der Waals surface area (Å²) in [5.41, 5.74) is -1.42. The molecular weight excluding hydrogens is 288 g/mol. The number of hydrogen-bond acceptors (Lipinski definition) is 4. The molecule has 0 aliphatic carbocycles. The van der Waals surface area contributed by atoms with E-state index in [1.807, 2.05) is 0 Å². The third kappa shape index (κ3) is 2.32. The third-order valence-corrected chi connectivity index (χ3v) is 2.41. The summed E-state index contributed by atoms with van der Waals surface area (Å²) in [6.45, 7) is 0. The minimum absolute atomic E-state index is 0.860. The first-order valence-corrected chi connectivity index (χ1v) is 4.81. The Morgan fingerprint density at radius 2 is 1.42 bits per heavy atom. The molecular formula is C10H3ClF4N4. The lowest BCUT2D eigenvalue weighted by atomic mass is 10.1. The topological polar surface area (TPSA) is 85.6 Å². The van der Waals surface area contributed by atoms with Crippen molar-refractivity contribution >= 4 is 17.3 Å². The average molecular weight is 291 g/mol. The largest absolute Gasteiger partial charge is 0.322 e. The Balaban J connectivity index is 3.85. The monoisotopic (exact) mass is 290 g/mol. The zero-order valence-electron chi connectivity index (χ0n) is 8.86. The number of benzene rings is 1. The molecule has 0 amide bonds. The van der Waals surface area contributed by atoms with Crippen molar-refractivity contribution in [3.05, 3.63) is 39.4 Å². The highest BCUT2D eigenvalue weighted by Gasteiger charge is 2.28. The summed E-state index contributed by atoms with van der Waals surface area (Å²) in [5, 5.41) is 15.8. The van der Waals surface area contributed by atoms with E-state index in [9.17, 15) is 17.6 Å². The Morgan fingerprint density at radius 1 is 1.00 bits per heavy atom. The molecule has 9 heteroatoms. The first-order valence-electron chi connectivity index (χ1n) is 4.43. The lowest BCUT2D eigenvalue weighted by Gasteiger charge is -2.11. The maximum absolute atomic E-state index is 13.6. The Hall–Kier alpha value is -2.29. The van der Waals surface area contributed by atoms with Crippen molar-refractivity contribution in [2.75, 3.05) is 0 Å². The smallest absolute Gasteiger partial charge is 0.181 e. The van der Waals surface area contributed by atoms with Gasteiger partial charge in [-0.3, -0.25) is 5.84 Å². The quantitative estimate of drug-likeness (QED) is 0.218. The number of hydrazine groups is 1. The molecule has 0 aromatic heterocycles. The molecule has 0 atom stereocenters. The first-order chi connectivity index (χ1) is 8.90. The zero-order chi connectivity index (χ0) is 14.7. The lowest BCUT2D eigenvalue weighted by molar-refractivity contribution is 0.449. The van der Waals surface area contributed by atoms with Gasteiger partial charge >= 0.3 is 0 Å². The summed E-state index contributed by atoms with van der Waals surface area (Å²) >= 11 is 5.03. The van der Waals surface area contributed by atoms with Gasteiger partial charge in [0.05, 0.1) is 11.3 Å². The second-order valence-corrected chi connectivity index (χ2v) is 3.44. The number of nitrogens with one attached hydrogen (secondary N) is 1. The van der Waals surface area contributed by atoms with Gasteiger partial charge in [-0.05, 0) is 0 Å². The predicted molar refractivity (Wildman–Crippen MR) is 56.8 cm³/mol. The van der Waals surface area contributed by atoms with Crippen LogP contribution in [-0.2, 0) is 0 Å². The molecule has 98 valence electrons. The van der Waals surface area contributed by atoms with Crippen LogP contribution in [0.15, 0.2) is 5.57 Å². The molecule has 0 saturated heterocycles. The minimum Gasteiger partial charge on any atom is -0.322 e. The number of rotatable bonds is 2. The van der Waals surface area contributed by atoms with Crippen LogP contribution in [0.2, 0.25) is 5.02 Å². The molecule has 0 saturated carbocycles. The van der Waals surface area contributed by atoms with E-state index in [1.54, 1.807) is 5.43 Å². The minimum atomic E-state index is -1.88. The van der Waals surface area contributed by atoms with Gasteiger partial charge in [0.15, 0.2) is 28.8 Å². The first kappa shape index (κ1) is 14.8. The summed E-state index contributed by atoms with van der Waals surface area (Å²) in [6.07, 6.45) is 0. The van der Waals surface area contributed by atoms with Crippen molar-refractivity contribution in [3.8, 4) is 12.1 Å². The number of nitrogens with zero attached hydrogens (tertiary/aromatic N) is 2. The Labute approximate surface area is 109 Å². The fourth-order valence-electron chi connectivity index (χ4n) is 1.23. The maximum atomic E-state index is 13.6. The van der Waals surface area contributed by atoms with Gasteiger partial charge in [-0.25, -0.2) is 17.6 Å². The van der Waals surface area contributed by atoms with E-state index >= 15 is 0 Å². The molecule has 4 nitrogen and oxygen atoms in total. The van der Waals surface area contributed by atoms with Gasteiger partial charge in [0.2, 0.25) is 0 Å². The van der Waals surface area contributed by atoms with Crippen LogP contribution < -0.4 is 11.3 Å². The van der Waals surface area contributed by atoms with Gasteiger partial charge in [-0.1, -0.05) is 11.6 Å². The highest BCUT2D eigenvalue weighted by atomic mass is 35.5. The summed E-state index contributed by atoms with van der Waals surface area (Å²) in [5.74, 6) is -2.56. The molecule has 1 rings (SSSR count). The van der Waals surface area contributed by atoms with Crippen LogP contribution in [0, 0.1) is 45.9 Å². The normalized spacial score (nSPS) is 9.47. The van der Waals surface area contributed by atoms with Crippen molar-refractivity contribution in [2.24, 2.45) is 5.84 Å². The SMILES string of the molecule is N#CC(C#N)=C(NN)c1c(F)c(F)c(Cl)c(F)c1F. The molecule has 0 spiro atoms. The van der Waals surface area contributed by atoms with Crippen molar-refractivity contribution < 1.29 is 17.6 Å². The van der Waals surface area contributed by atoms with Crippen molar-refractivity contribution in [2.45, 2.75) is 0 Å². The standard InChI is InChI=1S/C10H3ClF4N4/c11-5-8(14)6(12)4(7(13)9(5)15)10(19-18)3(1-16)2-17/h19H,18H2. The molecule has 0 fully saturated rings. The molecule has 3 N–H and O–H groups in total. The summed E-state index contributed by atoms with van der Waals surface area (Å²) in [4.78, 5) is 0. The Kier molecular flexibility index (Phi) is 4.33. The maximum Gasteiger partial charge on any atom is 0.181 e. The number of hydrogen-bond donors (Lipinski definition) is 2. The Morgan fingerprint density at radius 3 is 1.74 bits per heavy atom. The van der Waals surface area contributed by atoms with Gasteiger partial charge in [-0.15, -0.1) is 0 Å². The Bertz CT molecular complexity index is 612. The van der Waals surface area contributed by atoms with Gasteiger partial charge in [0, 0.05) is 0 Å². The fourth-order valence-corrected chi connectivity index (χ4v) is 1.40. The molecule has 0 unspecified atom stereocenters. The van der Waals surface area contributed by atoms with Crippen LogP contribution in [0.25, 0.3) is 5.70 Å². The van der Waals surface area contributed by atoms with E-state index in [4.69, 9.17) is 28.0 Å². The van der Waals surface area contributed by atoms with E-state index < -0.39 is 45.1 Å². The highest BCUT2D eigenvalue weighted by molar-refractivity contribution is 6.31. The summed E-state index contributed by atoms with van der Waals surface area (Å²) in [6, 6.07) is 2.55. The molecule has 0 aliphatic rings. The van der Waals surface area contributed by atoms with Gasteiger partial charge in [0.1, 0.15) is 17.2 Å². The van der Waals surface area contributed by atoms with Gasteiger partial charge in [0.25, 0.3) is 0 Å². The van der Waals surface area contributed by atoms with E-state index in [1.165, 1.54) is 12.1 Å². The van der Waals surface area contributed by atoms with Crippen LogP contribution in [0.1, 0.15) is 5.56 Å². The predicted octanol–water partition coefficient (Wildman–Crippen LogP) is 2.12. The second kappa shape index (κ2) is 5.57. The number of allylic oxidation sites excluding steroid dienone is 1. The van der Waals surface area contributed by atoms with Crippen molar-refractivity contribution in [3.63, 3.8) is 0 Å².